The van der Waals surface area contributed by atoms with Crippen LogP contribution in [-0.4, -0.2) is 31.1 Å². The van der Waals surface area contributed by atoms with E-state index < -0.39 is 17.9 Å². The van der Waals surface area contributed by atoms with E-state index >= 15 is 0 Å². The van der Waals surface area contributed by atoms with Crippen molar-refractivity contribution in [3.05, 3.63) is 64.8 Å². The zero-order valence-electron chi connectivity index (χ0n) is 15.0. The molecular formula is C20H17ClN2O5. The van der Waals surface area contributed by atoms with Crippen LogP contribution in [0.4, 0.5) is 10.5 Å². The number of halogens is 1. The Labute approximate surface area is 166 Å². The maximum absolute atomic E-state index is 12.7. The molecule has 0 atom stereocenters. The first-order valence-corrected chi connectivity index (χ1v) is 8.87. The van der Waals surface area contributed by atoms with E-state index in [0.29, 0.717) is 22.0 Å². The van der Waals surface area contributed by atoms with Crippen molar-refractivity contribution in [1.29, 1.82) is 0 Å². The van der Waals surface area contributed by atoms with Crippen LogP contribution < -0.4 is 15.0 Å². The summed E-state index contributed by atoms with van der Waals surface area (Å²) in [6, 6.07) is 12.6. The summed E-state index contributed by atoms with van der Waals surface area (Å²) < 4.78 is 10.3. The van der Waals surface area contributed by atoms with Crippen molar-refractivity contribution in [3.8, 4) is 5.75 Å². The topological polar surface area (TPSA) is 84.9 Å². The molecule has 28 heavy (non-hydrogen) atoms. The number of urea groups is 1. The number of benzene rings is 2. The average molecular weight is 401 g/mol. The lowest BCUT2D eigenvalue weighted by atomic mass is 10.1. The van der Waals surface area contributed by atoms with Gasteiger partial charge < -0.3 is 14.8 Å². The summed E-state index contributed by atoms with van der Waals surface area (Å²) in [4.78, 5) is 37.5. The lowest BCUT2D eigenvalue weighted by molar-refractivity contribution is -0.145. The van der Waals surface area contributed by atoms with Crippen molar-refractivity contribution in [2.24, 2.45) is 0 Å². The maximum atomic E-state index is 12.7. The molecule has 1 N–H and O–H groups in total. The van der Waals surface area contributed by atoms with Crippen LogP contribution in [0.1, 0.15) is 12.5 Å². The van der Waals surface area contributed by atoms with Gasteiger partial charge in [-0.1, -0.05) is 29.8 Å². The summed E-state index contributed by atoms with van der Waals surface area (Å²) in [5, 5.41) is 3.05. The highest BCUT2D eigenvalue weighted by atomic mass is 35.5. The van der Waals surface area contributed by atoms with E-state index in [4.69, 9.17) is 21.1 Å². The molecule has 7 nitrogen and oxygen atoms in total. The summed E-state index contributed by atoms with van der Waals surface area (Å²) >= 11 is 5.85. The Hall–Kier alpha value is -3.32. The lowest BCUT2D eigenvalue weighted by Crippen LogP contribution is -2.30. The van der Waals surface area contributed by atoms with Crippen LogP contribution in [0, 0.1) is 0 Å². The number of esters is 1. The highest BCUT2D eigenvalue weighted by Crippen LogP contribution is 2.26. The Balaban J connectivity index is 1.82. The Morgan fingerprint density at radius 3 is 2.57 bits per heavy atom. The molecule has 0 bridgehead atoms. The van der Waals surface area contributed by atoms with Crippen LogP contribution in [0.25, 0.3) is 6.08 Å². The zero-order valence-corrected chi connectivity index (χ0v) is 15.7. The van der Waals surface area contributed by atoms with Crippen LogP contribution in [0.2, 0.25) is 5.02 Å². The van der Waals surface area contributed by atoms with Gasteiger partial charge in [-0.2, -0.15) is 0 Å². The number of hydrogen-bond donors (Lipinski definition) is 1. The first-order valence-electron chi connectivity index (χ1n) is 8.49. The van der Waals surface area contributed by atoms with E-state index in [1.807, 2.05) is 0 Å². The van der Waals surface area contributed by atoms with Crippen molar-refractivity contribution in [2.75, 3.05) is 18.1 Å². The molecule has 3 rings (SSSR count). The van der Waals surface area contributed by atoms with Crippen LogP contribution in [0.3, 0.4) is 0 Å². The maximum Gasteiger partial charge on any atom is 0.344 e. The molecule has 0 aliphatic carbocycles. The Kier molecular flexibility index (Phi) is 5.96. The summed E-state index contributed by atoms with van der Waals surface area (Å²) in [6.07, 6.45) is 1.50. The van der Waals surface area contributed by atoms with Crippen LogP contribution in [0.5, 0.6) is 5.75 Å². The SMILES string of the molecule is CCOC(=O)COc1ccccc1/C=C1/NC(=O)N(c2ccc(Cl)cc2)C1=O. The molecule has 1 saturated heterocycles. The molecule has 3 amide bonds. The number of imide groups is 1. The molecule has 2 aromatic carbocycles. The van der Waals surface area contributed by atoms with Gasteiger partial charge in [-0.05, 0) is 43.3 Å². The minimum atomic E-state index is -0.566. The quantitative estimate of drug-likeness (QED) is 0.456. The number of para-hydroxylation sites is 1. The standard InChI is InChI=1S/C20H17ClN2O5/c1-2-27-18(24)12-28-17-6-4-3-5-13(17)11-16-19(25)23(20(26)22-16)15-9-7-14(21)8-10-15/h3-11H,2,12H2,1H3,(H,22,26)/b16-11+. The van der Waals surface area contributed by atoms with Gasteiger partial charge in [0.1, 0.15) is 11.4 Å². The average Bonchev–Trinajstić information content (AvgIpc) is 2.95. The lowest BCUT2D eigenvalue weighted by Gasteiger charge is -2.11. The summed E-state index contributed by atoms with van der Waals surface area (Å²) in [5.74, 6) is -0.619. The Bertz CT molecular complexity index is 940. The minimum absolute atomic E-state index is 0.0899. The first kappa shape index (κ1) is 19.4. The number of rotatable bonds is 6. The number of carbonyl (C=O) groups excluding carboxylic acids is 3. The van der Waals surface area contributed by atoms with Gasteiger partial charge in [0, 0.05) is 10.6 Å². The van der Waals surface area contributed by atoms with E-state index in [-0.39, 0.29) is 18.9 Å². The van der Waals surface area contributed by atoms with E-state index in [1.165, 1.54) is 6.08 Å². The predicted molar refractivity (Wildman–Crippen MR) is 104 cm³/mol. The molecule has 0 unspecified atom stereocenters. The zero-order chi connectivity index (χ0) is 20.1. The van der Waals surface area contributed by atoms with Gasteiger partial charge in [0.25, 0.3) is 5.91 Å². The van der Waals surface area contributed by atoms with Crippen LogP contribution >= 0.6 is 11.6 Å². The largest absolute Gasteiger partial charge is 0.481 e. The molecule has 2 aromatic rings. The molecule has 0 aromatic heterocycles. The van der Waals surface area contributed by atoms with E-state index in [9.17, 15) is 14.4 Å². The van der Waals surface area contributed by atoms with Gasteiger partial charge >= 0.3 is 12.0 Å². The molecule has 0 radical (unpaired) electrons. The van der Waals surface area contributed by atoms with E-state index in [1.54, 1.807) is 55.5 Å². The number of hydrogen-bond acceptors (Lipinski definition) is 5. The van der Waals surface area contributed by atoms with Gasteiger partial charge in [0.15, 0.2) is 6.61 Å². The van der Waals surface area contributed by atoms with Gasteiger partial charge in [-0.15, -0.1) is 0 Å². The van der Waals surface area contributed by atoms with Gasteiger partial charge in [0.2, 0.25) is 0 Å². The van der Waals surface area contributed by atoms with Crippen molar-refractivity contribution >= 4 is 41.3 Å². The second kappa shape index (κ2) is 8.58. The van der Waals surface area contributed by atoms with E-state index in [0.717, 1.165) is 4.90 Å². The normalized spacial score (nSPS) is 14.9. The highest BCUT2D eigenvalue weighted by Gasteiger charge is 2.35. The minimum Gasteiger partial charge on any atom is -0.481 e. The number of ether oxygens (including phenoxy) is 2. The van der Waals surface area contributed by atoms with Crippen molar-refractivity contribution in [1.82, 2.24) is 5.32 Å². The van der Waals surface area contributed by atoms with Crippen molar-refractivity contribution < 1.29 is 23.9 Å². The number of nitrogens with one attached hydrogen (secondary N) is 1. The fraction of sp³-hybridized carbons (Fsp3) is 0.150. The third-order valence-corrected chi connectivity index (χ3v) is 4.08. The first-order chi connectivity index (χ1) is 13.5. The van der Waals surface area contributed by atoms with Crippen molar-refractivity contribution in [2.45, 2.75) is 6.92 Å². The molecule has 144 valence electrons. The molecule has 1 aliphatic rings. The van der Waals surface area contributed by atoms with E-state index in [2.05, 4.69) is 5.32 Å². The smallest absolute Gasteiger partial charge is 0.344 e. The Morgan fingerprint density at radius 2 is 1.86 bits per heavy atom. The second-order valence-corrected chi connectivity index (χ2v) is 6.17. The Morgan fingerprint density at radius 1 is 1.14 bits per heavy atom. The molecule has 8 heteroatoms. The molecule has 1 fully saturated rings. The number of anilines is 1. The number of nitrogens with zero attached hydrogens (tertiary/aromatic N) is 1. The third kappa shape index (κ3) is 4.32. The molecular weight excluding hydrogens is 384 g/mol. The monoisotopic (exact) mass is 400 g/mol. The van der Waals surface area contributed by atoms with Gasteiger partial charge in [0.05, 0.1) is 12.3 Å². The summed E-state index contributed by atoms with van der Waals surface area (Å²) in [7, 11) is 0. The van der Waals surface area contributed by atoms with Crippen LogP contribution in [0.15, 0.2) is 54.2 Å². The third-order valence-electron chi connectivity index (χ3n) is 3.83. The van der Waals surface area contributed by atoms with Gasteiger partial charge in [-0.25, -0.2) is 14.5 Å². The molecule has 1 aliphatic heterocycles. The predicted octanol–water partition coefficient (Wildman–Crippen LogP) is 3.38. The molecule has 0 saturated carbocycles. The van der Waals surface area contributed by atoms with Crippen LogP contribution in [-0.2, 0) is 14.3 Å². The highest BCUT2D eigenvalue weighted by molar-refractivity contribution is 6.31. The van der Waals surface area contributed by atoms with Gasteiger partial charge in [-0.3, -0.25) is 4.79 Å². The number of carbonyl (C=O) groups is 3. The molecule has 1 heterocycles. The fourth-order valence-electron chi connectivity index (χ4n) is 2.59. The molecule has 0 spiro atoms. The summed E-state index contributed by atoms with van der Waals surface area (Å²) in [6.45, 7) is 1.71. The fourth-order valence-corrected chi connectivity index (χ4v) is 2.71. The number of amides is 3. The van der Waals surface area contributed by atoms with Crippen molar-refractivity contribution in [3.63, 3.8) is 0 Å². The second-order valence-electron chi connectivity index (χ2n) is 5.74. The summed E-state index contributed by atoms with van der Waals surface area (Å²) in [5.41, 5.74) is 1.03.